The molecule has 3 atom stereocenters. The van der Waals surface area contributed by atoms with Crippen LogP contribution in [0.2, 0.25) is 0 Å². The summed E-state index contributed by atoms with van der Waals surface area (Å²) in [6.45, 7) is 13.6. The lowest BCUT2D eigenvalue weighted by Crippen LogP contribution is -2.53. The van der Waals surface area contributed by atoms with Gasteiger partial charge >= 0.3 is 0 Å². The lowest BCUT2D eigenvalue weighted by atomic mass is 9.69. The van der Waals surface area contributed by atoms with Crippen LogP contribution in [0.25, 0.3) is 0 Å². The van der Waals surface area contributed by atoms with Gasteiger partial charge in [0.2, 0.25) is 0 Å². The highest BCUT2D eigenvalue weighted by atomic mass is 32.1. The molecule has 2 nitrogen and oxygen atoms in total. The predicted octanol–water partition coefficient (Wildman–Crippen LogP) is 4.41. The van der Waals surface area contributed by atoms with Gasteiger partial charge in [-0.2, -0.15) is 0 Å². The van der Waals surface area contributed by atoms with Gasteiger partial charge in [-0.15, -0.1) is 11.3 Å². The Balaban J connectivity index is 2.43. The van der Waals surface area contributed by atoms with Crippen molar-refractivity contribution in [3.05, 3.63) is 15.6 Å². The van der Waals surface area contributed by atoms with E-state index in [0.717, 1.165) is 5.92 Å². The van der Waals surface area contributed by atoms with Crippen LogP contribution in [0.5, 0.6) is 0 Å². The number of nitrogens with one attached hydrogen (secondary N) is 1. The molecule has 0 saturated heterocycles. The van der Waals surface area contributed by atoms with Crippen LogP contribution >= 0.6 is 11.3 Å². The zero-order valence-electron chi connectivity index (χ0n) is 13.2. The molecular weight excluding hydrogens is 252 g/mol. The molecule has 19 heavy (non-hydrogen) atoms. The molecule has 1 aromatic rings. The van der Waals surface area contributed by atoms with Gasteiger partial charge < -0.3 is 5.32 Å². The highest BCUT2D eigenvalue weighted by molar-refractivity contribution is 7.11. The van der Waals surface area contributed by atoms with E-state index in [1.807, 2.05) is 11.3 Å². The Kier molecular flexibility index (Phi) is 4.36. The molecular formula is C16H28N2S. The Labute approximate surface area is 122 Å². The third-order valence-electron chi connectivity index (χ3n) is 4.56. The number of thiazole rings is 1. The second kappa shape index (κ2) is 5.53. The average molecular weight is 280 g/mol. The maximum atomic E-state index is 4.90. The molecule has 0 aromatic carbocycles. The molecule has 1 saturated carbocycles. The van der Waals surface area contributed by atoms with E-state index in [-0.39, 0.29) is 5.54 Å². The Morgan fingerprint density at radius 3 is 2.47 bits per heavy atom. The molecule has 1 aliphatic carbocycles. The monoisotopic (exact) mass is 280 g/mol. The van der Waals surface area contributed by atoms with Crippen LogP contribution in [0.15, 0.2) is 0 Å². The summed E-state index contributed by atoms with van der Waals surface area (Å²) in [6, 6.07) is 0.497. The van der Waals surface area contributed by atoms with E-state index in [2.05, 4.69) is 46.9 Å². The topological polar surface area (TPSA) is 24.9 Å². The minimum absolute atomic E-state index is 0.0928. The number of hydrogen-bond acceptors (Lipinski definition) is 3. The fourth-order valence-corrected chi connectivity index (χ4v) is 4.57. The predicted molar refractivity (Wildman–Crippen MR) is 83.7 cm³/mol. The van der Waals surface area contributed by atoms with Crippen LogP contribution in [0.1, 0.15) is 62.5 Å². The fraction of sp³-hybridized carbons (Fsp3) is 0.812. The molecule has 0 bridgehead atoms. The van der Waals surface area contributed by atoms with Crippen LogP contribution < -0.4 is 5.32 Å². The first-order valence-corrected chi connectivity index (χ1v) is 8.39. The van der Waals surface area contributed by atoms with Crippen molar-refractivity contribution in [3.63, 3.8) is 0 Å². The first-order chi connectivity index (χ1) is 8.85. The molecule has 0 spiro atoms. The molecule has 0 radical (unpaired) electrons. The minimum Gasteiger partial charge on any atom is -0.303 e. The van der Waals surface area contributed by atoms with E-state index in [4.69, 9.17) is 4.98 Å². The number of aromatic nitrogens is 1. The van der Waals surface area contributed by atoms with Crippen LogP contribution in [0.4, 0.5) is 0 Å². The SMILES string of the molecule is Cc1nc(C2(NC(C)C)CC(C)CCC2C)sc1C. The van der Waals surface area contributed by atoms with Crippen LogP contribution in [0, 0.1) is 25.7 Å². The van der Waals surface area contributed by atoms with Crippen LogP contribution in [-0.4, -0.2) is 11.0 Å². The summed E-state index contributed by atoms with van der Waals surface area (Å²) in [5.41, 5.74) is 1.30. The highest BCUT2D eigenvalue weighted by Crippen LogP contribution is 2.45. The Morgan fingerprint density at radius 1 is 1.26 bits per heavy atom. The lowest BCUT2D eigenvalue weighted by Gasteiger charge is -2.45. The summed E-state index contributed by atoms with van der Waals surface area (Å²) in [4.78, 5) is 6.27. The third kappa shape index (κ3) is 2.87. The van der Waals surface area contributed by atoms with E-state index >= 15 is 0 Å². The molecule has 0 amide bonds. The largest absolute Gasteiger partial charge is 0.303 e. The zero-order chi connectivity index (χ0) is 14.2. The van der Waals surface area contributed by atoms with Gasteiger partial charge in [-0.05, 0) is 52.4 Å². The molecule has 2 rings (SSSR count). The van der Waals surface area contributed by atoms with Crippen molar-refractivity contribution >= 4 is 11.3 Å². The first-order valence-electron chi connectivity index (χ1n) is 7.57. The van der Waals surface area contributed by atoms with Crippen molar-refractivity contribution in [1.29, 1.82) is 0 Å². The lowest BCUT2D eigenvalue weighted by molar-refractivity contribution is 0.108. The molecule has 108 valence electrons. The van der Waals surface area contributed by atoms with Crippen LogP contribution in [0.3, 0.4) is 0 Å². The number of hydrogen-bond donors (Lipinski definition) is 1. The Morgan fingerprint density at radius 2 is 1.95 bits per heavy atom. The van der Waals surface area contributed by atoms with Gasteiger partial charge in [-0.3, -0.25) is 0 Å². The van der Waals surface area contributed by atoms with Gasteiger partial charge in [-0.25, -0.2) is 4.98 Å². The summed E-state index contributed by atoms with van der Waals surface area (Å²) in [5.74, 6) is 1.45. The number of aryl methyl sites for hydroxylation is 2. The van der Waals surface area contributed by atoms with Gasteiger partial charge in [-0.1, -0.05) is 20.3 Å². The van der Waals surface area contributed by atoms with E-state index in [1.165, 1.54) is 34.8 Å². The normalized spacial score (nSPS) is 31.9. The molecule has 0 aliphatic heterocycles. The van der Waals surface area contributed by atoms with E-state index in [0.29, 0.717) is 12.0 Å². The molecule has 1 N–H and O–H groups in total. The van der Waals surface area contributed by atoms with Crippen LogP contribution in [-0.2, 0) is 5.54 Å². The van der Waals surface area contributed by atoms with E-state index in [9.17, 15) is 0 Å². The maximum Gasteiger partial charge on any atom is 0.114 e. The van der Waals surface area contributed by atoms with Gasteiger partial charge in [0.05, 0.1) is 11.2 Å². The smallest absolute Gasteiger partial charge is 0.114 e. The summed E-state index contributed by atoms with van der Waals surface area (Å²) >= 11 is 1.89. The first kappa shape index (κ1) is 15.0. The van der Waals surface area contributed by atoms with E-state index in [1.54, 1.807) is 0 Å². The third-order valence-corrected chi connectivity index (χ3v) is 5.81. The van der Waals surface area contributed by atoms with E-state index < -0.39 is 0 Å². The minimum atomic E-state index is 0.0928. The number of nitrogens with zero attached hydrogens (tertiary/aromatic N) is 1. The number of rotatable bonds is 3. The maximum absolute atomic E-state index is 4.90. The fourth-order valence-electron chi connectivity index (χ4n) is 3.37. The van der Waals surface area contributed by atoms with Crippen molar-refractivity contribution in [1.82, 2.24) is 10.3 Å². The molecule has 1 heterocycles. The highest BCUT2D eigenvalue weighted by Gasteiger charge is 2.44. The molecule has 3 unspecified atom stereocenters. The molecule has 1 aliphatic rings. The summed E-state index contributed by atoms with van der Waals surface area (Å²) in [7, 11) is 0. The summed E-state index contributed by atoms with van der Waals surface area (Å²) in [6.07, 6.45) is 3.88. The second-order valence-electron chi connectivity index (χ2n) is 6.72. The molecule has 1 aromatic heterocycles. The summed E-state index contributed by atoms with van der Waals surface area (Å²) in [5, 5.41) is 5.20. The second-order valence-corrected chi connectivity index (χ2v) is 7.92. The van der Waals surface area contributed by atoms with Gasteiger partial charge in [0, 0.05) is 10.9 Å². The average Bonchev–Trinajstić information content (AvgIpc) is 2.64. The zero-order valence-corrected chi connectivity index (χ0v) is 14.0. The Hall–Kier alpha value is -0.410. The van der Waals surface area contributed by atoms with Crippen molar-refractivity contribution in [2.75, 3.05) is 0 Å². The van der Waals surface area contributed by atoms with Crippen molar-refractivity contribution in [2.45, 2.75) is 72.4 Å². The standard InChI is InChI=1S/C16H28N2S/c1-10(2)18-16(9-11(3)7-8-12(16)4)15-17-13(5)14(6)19-15/h10-12,18H,7-9H2,1-6H3. The van der Waals surface area contributed by atoms with Gasteiger partial charge in [0.15, 0.2) is 0 Å². The van der Waals surface area contributed by atoms with Crippen molar-refractivity contribution in [2.24, 2.45) is 11.8 Å². The Bertz CT molecular complexity index is 414. The van der Waals surface area contributed by atoms with Gasteiger partial charge in [0.25, 0.3) is 0 Å². The molecule has 1 fully saturated rings. The molecule has 3 heteroatoms. The van der Waals surface area contributed by atoms with Crippen molar-refractivity contribution in [3.8, 4) is 0 Å². The summed E-state index contributed by atoms with van der Waals surface area (Å²) < 4.78 is 0. The van der Waals surface area contributed by atoms with Gasteiger partial charge in [0.1, 0.15) is 5.01 Å². The quantitative estimate of drug-likeness (QED) is 0.887. The van der Waals surface area contributed by atoms with Crippen molar-refractivity contribution < 1.29 is 0 Å².